The van der Waals surface area contributed by atoms with E-state index in [0.717, 1.165) is 204 Å². The predicted molar refractivity (Wildman–Crippen MR) is 468 cm³/mol. The van der Waals surface area contributed by atoms with Crippen molar-refractivity contribution in [2.75, 3.05) is 19.6 Å². The third-order valence-corrected chi connectivity index (χ3v) is 21.5. The van der Waals surface area contributed by atoms with Crippen molar-refractivity contribution in [2.24, 2.45) is 0 Å². The van der Waals surface area contributed by atoms with Crippen molar-refractivity contribution in [2.45, 2.75) is 209 Å². The van der Waals surface area contributed by atoms with Crippen molar-refractivity contribution in [3.05, 3.63) is 318 Å². The van der Waals surface area contributed by atoms with E-state index >= 15 is 0 Å². The highest BCUT2D eigenvalue weighted by Crippen LogP contribution is 2.47. The van der Waals surface area contributed by atoms with Gasteiger partial charge in [0, 0.05) is 80.0 Å². The third-order valence-electron chi connectivity index (χ3n) is 21.5. The fraction of sp³-hybridized carbons (Fsp3) is 0.311. The molecule has 12 rings (SSSR count). The van der Waals surface area contributed by atoms with E-state index in [1.54, 1.807) is 0 Å². The van der Waals surface area contributed by atoms with Crippen molar-refractivity contribution in [3.63, 3.8) is 0 Å². The van der Waals surface area contributed by atoms with Gasteiger partial charge in [-0.1, -0.05) is 222 Å². The molecule has 12 aromatic rings. The van der Waals surface area contributed by atoms with E-state index in [0.29, 0.717) is 0 Å². The molecule has 5 nitrogen and oxygen atoms in total. The average Bonchev–Trinajstić information content (AvgIpc) is 0.773. The molecule has 0 amide bonds. The van der Waals surface area contributed by atoms with Crippen molar-refractivity contribution in [1.82, 2.24) is 4.98 Å². The smallest absolute Gasteiger partial charge is 0.0708 e. The average molecular weight is 1430 g/mol. The molecule has 0 spiro atoms. The Kier molecular flexibility index (Phi) is 28.4. The van der Waals surface area contributed by atoms with Crippen molar-refractivity contribution < 1.29 is 0 Å². The zero-order chi connectivity index (χ0) is 74.8. The van der Waals surface area contributed by atoms with Crippen molar-refractivity contribution in [3.8, 4) is 33.5 Å². The SMILES string of the molecule is CCCCc1ccc(N(c2ccc(CCCC)cc2)c2cc(-c3cccc(-c4cc(-c5cc(N(c6ccc(CCCC)cc6)c6ccc(CCCC)cc6)cc(N(c6ccc(CCCC)cc6)c6ccc(CCCC)cc6)c5)ccn4)c3)cc(N(c3ccc(CCCC)cc3)c3ccc(CCCC)cc3)c2)cc1. The quantitative estimate of drug-likeness (QED) is 0.0383. The van der Waals surface area contributed by atoms with Crippen LogP contribution in [0.2, 0.25) is 0 Å². The fourth-order valence-electron chi connectivity index (χ4n) is 15.0. The Morgan fingerprint density at radius 3 is 0.602 bits per heavy atom. The molecule has 0 aliphatic rings. The van der Waals surface area contributed by atoms with Gasteiger partial charge in [-0.05, 0) is 321 Å². The molecule has 1 heterocycles. The fourth-order valence-corrected chi connectivity index (χ4v) is 15.0. The lowest BCUT2D eigenvalue weighted by molar-refractivity contribution is 0.795. The van der Waals surface area contributed by atoms with Gasteiger partial charge >= 0.3 is 0 Å². The molecule has 0 fully saturated rings. The monoisotopic (exact) mass is 1420 g/mol. The Morgan fingerprint density at radius 2 is 0.389 bits per heavy atom. The molecule has 0 saturated carbocycles. The van der Waals surface area contributed by atoms with Crippen LogP contribution in [-0.2, 0) is 51.4 Å². The molecule has 0 unspecified atom stereocenters. The predicted octanol–water partition coefficient (Wildman–Crippen LogP) is 30.7. The number of nitrogens with zero attached hydrogens (tertiary/aromatic N) is 5. The minimum absolute atomic E-state index is 0.906. The number of rotatable bonds is 39. The van der Waals surface area contributed by atoms with E-state index in [-0.39, 0.29) is 0 Å². The van der Waals surface area contributed by atoms with Gasteiger partial charge in [-0.2, -0.15) is 0 Å². The van der Waals surface area contributed by atoms with Crippen LogP contribution in [0.5, 0.6) is 0 Å². The van der Waals surface area contributed by atoms with Crippen LogP contribution in [0, 0.1) is 0 Å². The standard InChI is InChI=1S/C103H117N5/c1-9-17-26-78-36-52-91(53-37-78)105(92-54-38-79(39-55-92)27-18-10-2)99-71-89(72-100(76-99)106(93-56-40-80(41-57-93)28-19-11-3)94-58-42-81(43-59-94)29-20-12-4)86-34-25-35-88(70-86)103-75-87(68-69-104-103)90-73-101(107(95-60-44-82(45-61-95)30-21-13-5)96-62-46-83(47-63-96)31-22-14-6)77-102(74-90)108(97-64-48-84(49-65-97)32-23-15-7)98-66-50-85(51-67-98)33-24-16-8/h25,34-77H,9-24,26-33H2,1-8H3. The second-order valence-electron chi connectivity index (χ2n) is 30.0. The van der Waals surface area contributed by atoms with Crippen molar-refractivity contribution in [1.29, 1.82) is 0 Å². The minimum atomic E-state index is 0.906. The molecule has 0 radical (unpaired) electrons. The van der Waals surface area contributed by atoms with Gasteiger partial charge in [0.25, 0.3) is 0 Å². The third kappa shape index (κ3) is 20.3. The summed E-state index contributed by atoms with van der Waals surface area (Å²) in [7, 11) is 0. The first-order valence-corrected chi connectivity index (χ1v) is 41.5. The second kappa shape index (κ2) is 39.6. The number of aryl methyl sites for hydroxylation is 8. The Labute approximate surface area is 649 Å². The van der Waals surface area contributed by atoms with Crippen LogP contribution in [0.3, 0.4) is 0 Å². The van der Waals surface area contributed by atoms with Crippen LogP contribution in [-0.4, -0.2) is 4.98 Å². The van der Waals surface area contributed by atoms with Crippen LogP contribution < -0.4 is 19.6 Å². The maximum Gasteiger partial charge on any atom is 0.0708 e. The van der Waals surface area contributed by atoms with Gasteiger partial charge < -0.3 is 19.6 Å². The Hall–Kier alpha value is -10.2. The lowest BCUT2D eigenvalue weighted by Crippen LogP contribution is -2.14. The number of anilines is 12. The van der Waals surface area contributed by atoms with E-state index in [4.69, 9.17) is 4.98 Å². The molecule has 554 valence electrons. The molecule has 0 N–H and O–H groups in total. The maximum atomic E-state index is 5.31. The number of unbranched alkanes of at least 4 members (excludes halogenated alkanes) is 8. The van der Waals surface area contributed by atoms with Crippen LogP contribution in [0.25, 0.3) is 33.5 Å². The zero-order valence-corrected chi connectivity index (χ0v) is 66.2. The molecular formula is C103H117N5. The van der Waals surface area contributed by atoms with Gasteiger partial charge in [-0.25, -0.2) is 0 Å². The lowest BCUT2D eigenvalue weighted by Gasteiger charge is -2.31. The van der Waals surface area contributed by atoms with Gasteiger partial charge in [0.1, 0.15) is 0 Å². The molecule has 0 aliphatic heterocycles. The summed E-state index contributed by atoms with van der Waals surface area (Å²) in [5, 5.41) is 0. The highest BCUT2D eigenvalue weighted by molar-refractivity contribution is 5.91. The summed E-state index contributed by atoms with van der Waals surface area (Å²) in [6, 6.07) is 103. The second-order valence-corrected chi connectivity index (χ2v) is 30.0. The lowest BCUT2D eigenvalue weighted by atomic mass is 9.97. The van der Waals surface area contributed by atoms with E-state index in [2.05, 4.69) is 342 Å². The van der Waals surface area contributed by atoms with Crippen LogP contribution >= 0.6 is 0 Å². The largest absolute Gasteiger partial charge is 0.310 e. The van der Waals surface area contributed by atoms with Gasteiger partial charge in [-0.15, -0.1) is 0 Å². The van der Waals surface area contributed by atoms with Crippen LogP contribution in [0.4, 0.5) is 68.2 Å². The Balaban J connectivity index is 1.04. The van der Waals surface area contributed by atoms with E-state index in [9.17, 15) is 0 Å². The Bertz CT molecular complexity index is 3930. The summed E-state index contributed by atoms with van der Waals surface area (Å²) in [5.74, 6) is 0. The number of benzene rings is 11. The number of aromatic nitrogens is 1. The minimum Gasteiger partial charge on any atom is -0.310 e. The van der Waals surface area contributed by atoms with E-state index in [1.165, 1.54) is 95.9 Å². The van der Waals surface area contributed by atoms with Gasteiger partial charge in [0.15, 0.2) is 0 Å². The Morgan fingerprint density at radius 1 is 0.185 bits per heavy atom. The molecule has 11 aromatic carbocycles. The first-order valence-electron chi connectivity index (χ1n) is 41.5. The summed E-state index contributed by atoms with van der Waals surface area (Å²) in [5.41, 5.74) is 30.6. The maximum absolute atomic E-state index is 5.31. The molecule has 5 heteroatoms. The van der Waals surface area contributed by atoms with E-state index < -0.39 is 0 Å². The summed E-state index contributed by atoms with van der Waals surface area (Å²) in [6.45, 7) is 18.2. The summed E-state index contributed by atoms with van der Waals surface area (Å²) in [4.78, 5) is 15.2. The molecule has 0 saturated heterocycles. The number of hydrogen-bond acceptors (Lipinski definition) is 5. The molecule has 0 aliphatic carbocycles. The number of pyridine rings is 1. The molecule has 1 aromatic heterocycles. The van der Waals surface area contributed by atoms with Gasteiger partial charge in [-0.3, -0.25) is 4.98 Å². The van der Waals surface area contributed by atoms with Crippen molar-refractivity contribution >= 4 is 68.2 Å². The van der Waals surface area contributed by atoms with Crippen LogP contribution in [0.1, 0.15) is 203 Å². The van der Waals surface area contributed by atoms with Gasteiger partial charge in [0.2, 0.25) is 0 Å². The highest BCUT2D eigenvalue weighted by atomic mass is 15.2. The molecule has 0 bridgehead atoms. The first-order chi connectivity index (χ1) is 53.2. The van der Waals surface area contributed by atoms with E-state index in [1.807, 2.05) is 6.20 Å². The summed E-state index contributed by atoms with van der Waals surface area (Å²) in [6.07, 6.45) is 29.2. The summed E-state index contributed by atoms with van der Waals surface area (Å²) < 4.78 is 0. The topological polar surface area (TPSA) is 25.9 Å². The van der Waals surface area contributed by atoms with Gasteiger partial charge in [0.05, 0.1) is 5.69 Å². The molecule has 108 heavy (non-hydrogen) atoms. The highest BCUT2D eigenvalue weighted by Gasteiger charge is 2.24. The zero-order valence-electron chi connectivity index (χ0n) is 66.2. The first kappa shape index (κ1) is 77.4. The number of hydrogen-bond donors (Lipinski definition) is 0. The molecule has 0 atom stereocenters. The molecular weight excluding hydrogens is 1310 g/mol. The summed E-state index contributed by atoms with van der Waals surface area (Å²) >= 11 is 0. The van der Waals surface area contributed by atoms with Crippen LogP contribution in [0.15, 0.2) is 273 Å². The normalized spacial score (nSPS) is 11.3.